The molecule has 0 heterocycles. The number of aryl methyl sites for hydroxylation is 1. The molecule has 0 aliphatic rings. The minimum absolute atomic E-state index is 0.0764. The highest BCUT2D eigenvalue weighted by Crippen LogP contribution is 2.11. The summed E-state index contributed by atoms with van der Waals surface area (Å²) in [4.78, 5) is 11.2. The summed E-state index contributed by atoms with van der Waals surface area (Å²) >= 11 is 0. The van der Waals surface area contributed by atoms with Gasteiger partial charge in [-0.25, -0.2) is 0 Å². The maximum atomic E-state index is 11.2. The van der Waals surface area contributed by atoms with Crippen molar-refractivity contribution >= 4 is 11.6 Å². The molecule has 3 N–H and O–H groups in total. The molecule has 0 bridgehead atoms. The second-order valence-electron chi connectivity index (χ2n) is 2.65. The van der Waals surface area contributed by atoms with Gasteiger partial charge in [0.15, 0.2) is 0 Å². The number of hydrogen-bond donors (Lipinski definition) is 2. The maximum absolute atomic E-state index is 11.2. The van der Waals surface area contributed by atoms with Crippen LogP contribution in [0.25, 0.3) is 0 Å². The van der Waals surface area contributed by atoms with Crippen LogP contribution in [0.15, 0.2) is 18.2 Å². The fourth-order valence-electron chi connectivity index (χ4n) is 1.08. The van der Waals surface area contributed by atoms with Crippen molar-refractivity contribution in [1.29, 1.82) is 0 Å². The van der Waals surface area contributed by atoms with Crippen LogP contribution in [0.5, 0.6) is 0 Å². The molecule has 0 atom stereocenters. The van der Waals surface area contributed by atoms with Crippen molar-refractivity contribution < 1.29 is 4.79 Å². The highest BCUT2D eigenvalue weighted by atomic mass is 16.1. The molecule has 1 amide bonds. The molecular weight excluding hydrogens is 152 g/mol. The van der Waals surface area contributed by atoms with Crippen LogP contribution in [0.2, 0.25) is 0 Å². The van der Waals surface area contributed by atoms with Gasteiger partial charge < -0.3 is 11.1 Å². The zero-order valence-electron chi connectivity index (χ0n) is 7.22. The van der Waals surface area contributed by atoms with Crippen LogP contribution >= 0.6 is 0 Å². The first-order valence-corrected chi connectivity index (χ1v) is 3.73. The molecule has 0 aromatic heterocycles. The van der Waals surface area contributed by atoms with E-state index in [4.69, 9.17) is 5.73 Å². The Hall–Kier alpha value is -1.51. The number of anilines is 1. The van der Waals surface area contributed by atoms with Crippen LogP contribution < -0.4 is 11.1 Å². The van der Waals surface area contributed by atoms with E-state index >= 15 is 0 Å². The Labute approximate surface area is 71.6 Å². The van der Waals surface area contributed by atoms with E-state index in [9.17, 15) is 4.79 Å². The van der Waals surface area contributed by atoms with Crippen molar-refractivity contribution in [2.75, 3.05) is 12.8 Å². The number of nitrogens with one attached hydrogen (secondary N) is 1. The number of benzene rings is 1. The molecular formula is C9H12N2O. The van der Waals surface area contributed by atoms with Gasteiger partial charge in [0, 0.05) is 18.3 Å². The molecule has 0 fully saturated rings. The standard InChI is InChI=1S/C9H12N2O/c1-6-5-7(10)3-4-8(6)9(12)11-2/h3-5H,10H2,1-2H3,(H,11,12). The zero-order valence-corrected chi connectivity index (χ0v) is 7.22. The first-order chi connectivity index (χ1) is 5.65. The van der Waals surface area contributed by atoms with Gasteiger partial charge in [-0.2, -0.15) is 0 Å². The summed E-state index contributed by atoms with van der Waals surface area (Å²) < 4.78 is 0. The molecule has 1 aromatic carbocycles. The lowest BCUT2D eigenvalue weighted by molar-refractivity contribution is 0.0962. The molecule has 3 heteroatoms. The molecule has 1 aromatic rings. The van der Waals surface area contributed by atoms with E-state index in [1.807, 2.05) is 6.92 Å². The van der Waals surface area contributed by atoms with E-state index in [1.165, 1.54) is 0 Å². The Morgan fingerprint density at radius 2 is 2.17 bits per heavy atom. The van der Waals surface area contributed by atoms with Crippen molar-refractivity contribution in [1.82, 2.24) is 5.32 Å². The Bertz CT molecular complexity index is 307. The number of hydrogen-bond acceptors (Lipinski definition) is 2. The fraction of sp³-hybridized carbons (Fsp3) is 0.222. The van der Waals surface area contributed by atoms with Crippen molar-refractivity contribution in [3.05, 3.63) is 29.3 Å². The van der Waals surface area contributed by atoms with Gasteiger partial charge in [-0.3, -0.25) is 4.79 Å². The van der Waals surface area contributed by atoms with Gasteiger partial charge in [0.25, 0.3) is 5.91 Å². The van der Waals surface area contributed by atoms with Gasteiger partial charge in [-0.05, 0) is 30.7 Å². The predicted molar refractivity (Wildman–Crippen MR) is 49.0 cm³/mol. The minimum atomic E-state index is -0.0764. The third kappa shape index (κ3) is 1.56. The van der Waals surface area contributed by atoms with Crippen LogP contribution in [0.3, 0.4) is 0 Å². The molecule has 12 heavy (non-hydrogen) atoms. The van der Waals surface area contributed by atoms with E-state index in [0.717, 1.165) is 5.56 Å². The molecule has 64 valence electrons. The third-order valence-corrected chi connectivity index (χ3v) is 1.72. The highest BCUT2D eigenvalue weighted by molar-refractivity contribution is 5.95. The van der Waals surface area contributed by atoms with Crippen molar-refractivity contribution in [3.63, 3.8) is 0 Å². The smallest absolute Gasteiger partial charge is 0.251 e. The first-order valence-electron chi connectivity index (χ1n) is 3.73. The van der Waals surface area contributed by atoms with Gasteiger partial charge in [0.05, 0.1) is 0 Å². The first kappa shape index (κ1) is 8.59. The molecule has 0 spiro atoms. The lowest BCUT2D eigenvalue weighted by atomic mass is 10.1. The summed E-state index contributed by atoms with van der Waals surface area (Å²) in [6, 6.07) is 5.23. The zero-order chi connectivity index (χ0) is 9.14. The number of nitrogens with two attached hydrogens (primary N) is 1. The van der Waals surface area contributed by atoms with Gasteiger partial charge in [-0.1, -0.05) is 0 Å². The SMILES string of the molecule is CNC(=O)c1ccc(N)cc1C. The van der Waals surface area contributed by atoms with Crippen molar-refractivity contribution in [2.45, 2.75) is 6.92 Å². The second-order valence-corrected chi connectivity index (χ2v) is 2.65. The minimum Gasteiger partial charge on any atom is -0.399 e. The molecule has 0 aliphatic heterocycles. The van der Waals surface area contributed by atoms with Crippen molar-refractivity contribution in [3.8, 4) is 0 Å². The topological polar surface area (TPSA) is 55.1 Å². The van der Waals surface area contributed by atoms with E-state index in [-0.39, 0.29) is 5.91 Å². The predicted octanol–water partition coefficient (Wildman–Crippen LogP) is 0.937. The second kappa shape index (κ2) is 3.26. The molecule has 0 saturated heterocycles. The third-order valence-electron chi connectivity index (χ3n) is 1.72. The van der Waals surface area contributed by atoms with Crippen molar-refractivity contribution in [2.24, 2.45) is 0 Å². The van der Waals surface area contributed by atoms with E-state index in [2.05, 4.69) is 5.32 Å². The van der Waals surface area contributed by atoms with Gasteiger partial charge in [0.1, 0.15) is 0 Å². The monoisotopic (exact) mass is 164 g/mol. The normalized spacial score (nSPS) is 9.50. The molecule has 0 saturated carbocycles. The number of rotatable bonds is 1. The lowest BCUT2D eigenvalue weighted by Gasteiger charge is -2.04. The number of carbonyl (C=O) groups excluding carboxylic acids is 1. The van der Waals surface area contributed by atoms with E-state index < -0.39 is 0 Å². The summed E-state index contributed by atoms with van der Waals surface area (Å²) in [5.74, 6) is -0.0764. The van der Waals surface area contributed by atoms with E-state index in [0.29, 0.717) is 11.3 Å². The van der Waals surface area contributed by atoms with Crippen LogP contribution in [0, 0.1) is 6.92 Å². The quantitative estimate of drug-likeness (QED) is 0.607. The molecule has 3 nitrogen and oxygen atoms in total. The maximum Gasteiger partial charge on any atom is 0.251 e. The Balaban J connectivity index is 3.09. The fourth-order valence-corrected chi connectivity index (χ4v) is 1.08. The summed E-state index contributed by atoms with van der Waals surface area (Å²) in [6.07, 6.45) is 0. The molecule has 1 rings (SSSR count). The summed E-state index contributed by atoms with van der Waals surface area (Å²) in [7, 11) is 1.61. The van der Waals surface area contributed by atoms with Gasteiger partial charge >= 0.3 is 0 Å². The number of nitrogen functional groups attached to an aromatic ring is 1. The van der Waals surface area contributed by atoms with Gasteiger partial charge in [-0.15, -0.1) is 0 Å². The Morgan fingerprint density at radius 1 is 1.50 bits per heavy atom. The van der Waals surface area contributed by atoms with Crippen LogP contribution in [0.4, 0.5) is 5.69 Å². The molecule has 0 radical (unpaired) electrons. The molecule has 0 unspecified atom stereocenters. The average Bonchev–Trinajstić information content (AvgIpc) is 2.03. The van der Waals surface area contributed by atoms with E-state index in [1.54, 1.807) is 25.2 Å². The Morgan fingerprint density at radius 3 is 2.67 bits per heavy atom. The average molecular weight is 164 g/mol. The van der Waals surface area contributed by atoms with Crippen LogP contribution in [-0.4, -0.2) is 13.0 Å². The summed E-state index contributed by atoms with van der Waals surface area (Å²) in [5, 5.41) is 2.56. The Kier molecular flexibility index (Phi) is 2.33. The summed E-state index contributed by atoms with van der Waals surface area (Å²) in [6.45, 7) is 1.86. The van der Waals surface area contributed by atoms with Crippen LogP contribution in [0.1, 0.15) is 15.9 Å². The molecule has 0 aliphatic carbocycles. The largest absolute Gasteiger partial charge is 0.399 e. The van der Waals surface area contributed by atoms with Gasteiger partial charge in [0.2, 0.25) is 0 Å². The number of carbonyl (C=O) groups is 1. The summed E-state index contributed by atoms with van der Waals surface area (Å²) in [5.41, 5.74) is 7.79. The highest BCUT2D eigenvalue weighted by Gasteiger charge is 2.05. The number of amides is 1. The van der Waals surface area contributed by atoms with Crippen LogP contribution in [-0.2, 0) is 0 Å². The lowest BCUT2D eigenvalue weighted by Crippen LogP contribution is -2.18.